The van der Waals surface area contributed by atoms with Crippen molar-refractivity contribution in [3.63, 3.8) is 0 Å². The number of aliphatic hydroxyl groups excluding tert-OH is 2. The van der Waals surface area contributed by atoms with Crippen LogP contribution in [0.25, 0.3) is 0 Å². The molecule has 2 heterocycles. The van der Waals surface area contributed by atoms with Crippen molar-refractivity contribution in [3.05, 3.63) is 12.2 Å². The van der Waals surface area contributed by atoms with Crippen molar-refractivity contribution in [2.24, 2.45) is 22.9 Å². The van der Waals surface area contributed by atoms with E-state index in [-0.39, 0.29) is 19.3 Å². The van der Waals surface area contributed by atoms with E-state index in [0.717, 1.165) is 0 Å². The fourth-order valence-corrected chi connectivity index (χ4v) is 4.42. The Morgan fingerprint density at radius 1 is 1.06 bits per heavy atom. The maximum absolute atomic E-state index is 11.0. The molecule has 0 spiro atoms. The van der Waals surface area contributed by atoms with E-state index in [4.69, 9.17) is 41.9 Å². The molecule has 0 aromatic rings. The smallest absolute Gasteiger partial charge is 0.185 e. The molecule has 2 aliphatic heterocycles. The molecule has 0 aromatic heterocycles. The largest absolute Gasteiger partial charge is 0.388 e. The second kappa shape index (κ2) is 10.0. The fourth-order valence-electron chi connectivity index (χ4n) is 4.42. The summed E-state index contributed by atoms with van der Waals surface area (Å²) in [5, 5.41) is 34.9. The zero-order valence-corrected chi connectivity index (χ0v) is 17.9. The van der Waals surface area contributed by atoms with Crippen LogP contribution in [0.3, 0.4) is 0 Å². The van der Waals surface area contributed by atoms with Gasteiger partial charge >= 0.3 is 0 Å². The van der Waals surface area contributed by atoms with E-state index < -0.39 is 66.8 Å². The first-order valence-electron chi connectivity index (χ1n) is 10.6. The van der Waals surface area contributed by atoms with Gasteiger partial charge in [0.05, 0.1) is 24.8 Å². The lowest BCUT2D eigenvalue weighted by atomic mass is 9.84. The summed E-state index contributed by atoms with van der Waals surface area (Å²) in [6.45, 7) is 1.73. The average Bonchev–Trinajstić information content (AvgIpc) is 2.71. The van der Waals surface area contributed by atoms with Crippen molar-refractivity contribution in [1.82, 2.24) is 5.32 Å². The summed E-state index contributed by atoms with van der Waals surface area (Å²) in [5.41, 5.74) is 22.8. The van der Waals surface area contributed by atoms with Gasteiger partial charge in [-0.25, -0.2) is 0 Å². The minimum atomic E-state index is -1.29. The molecule has 0 bridgehead atoms. The predicted molar refractivity (Wildman–Crippen MR) is 110 cm³/mol. The molecular formula is C19H37N5O7. The number of hydrogen-bond donors (Lipinski definition) is 8. The third kappa shape index (κ3) is 5.27. The molecule has 1 aliphatic carbocycles. The normalized spacial score (nSPS) is 51.1. The van der Waals surface area contributed by atoms with E-state index in [0.29, 0.717) is 6.42 Å². The molecule has 12 N–H and O–H groups in total. The Morgan fingerprint density at radius 3 is 2.26 bits per heavy atom. The Kier molecular flexibility index (Phi) is 8.06. The van der Waals surface area contributed by atoms with Gasteiger partial charge in [-0.2, -0.15) is 0 Å². The molecule has 1 saturated carbocycles. The first-order chi connectivity index (χ1) is 14.6. The highest BCUT2D eigenvalue weighted by atomic mass is 16.7. The molecule has 3 rings (SSSR count). The van der Waals surface area contributed by atoms with Gasteiger partial charge in [0.1, 0.15) is 30.0 Å². The van der Waals surface area contributed by atoms with Crippen molar-refractivity contribution in [2.45, 2.75) is 86.2 Å². The SMILES string of the molecule is CN[C@@H]1[C@@H](O)[C@@H](O[C@H]2[C@H](O)[C@@H](O[C@H]3O[C@H](CN)C=C[C@H]3N)[C@H](N)C[C@@H]2N)OC[C@]1(C)O. The summed E-state index contributed by atoms with van der Waals surface area (Å²) in [6, 6.07) is -2.48. The molecule has 3 aliphatic rings. The van der Waals surface area contributed by atoms with Crippen LogP contribution in [0, 0.1) is 0 Å². The lowest BCUT2D eigenvalue weighted by Gasteiger charge is -2.48. The van der Waals surface area contributed by atoms with Gasteiger partial charge < -0.3 is 62.5 Å². The van der Waals surface area contributed by atoms with Gasteiger partial charge in [0.25, 0.3) is 0 Å². The second-order valence-electron chi connectivity index (χ2n) is 8.79. The number of hydrogen-bond acceptors (Lipinski definition) is 12. The summed E-state index contributed by atoms with van der Waals surface area (Å²) in [5.74, 6) is 0. The van der Waals surface area contributed by atoms with E-state index >= 15 is 0 Å². The zero-order chi connectivity index (χ0) is 22.9. The number of ether oxygens (including phenoxy) is 4. The maximum Gasteiger partial charge on any atom is 0.185 e. The van der Waals surface area contributed by atoms with E-state index in [2.05, 4.69) is 5.32 Å². The van der Waals surface area contributed by atoms with Gasteiger partial charge in [0.2, 0.25) is 0 Å². The molecule has 0 aromatic carbocycles. The molecule has 2 fully saturated rings. The van der Waals surface area contributed by atoms with E-state index in [1.807, 2.05) is 0 Å². The molecule has 1 saturated heterocycles. The molecule has 12 nitrogen and oxygen atoms in total. The molecule has 31 heavy (non-hydrogen) atoms. The van der Waals surface area contributed by atoms with Crippen molar-refractivity contribution in [2.75, 3.05) is 20.2 Å². The highest BCUT2D eigenvalue weighted by Gasteiger charge is 2.50. The first kappa shape index (κ1) is 24.9. The highest BCUT2D eigenvalue weighted by molar-refractivity contribution is 5.05. The van der Waals surface area contributed by atoms with Gasteiger partial charge in [0.15, 0.2) is 12.6 Å². The Labute approximate surface area is 181 Å². The van der Waals surface area contributed by atoms with Gasteiger partial charge in [-0.05, 0) is 20.4 Å². The van der Waals surface area contributed by atoms with E-state index in [1.165, 1.54) is 0 Å². The summed E-state index contributed by atoms with van der Waals surface area (Å²) in [7, 11) is 1.62. The van der Waals surface area contributed by atoms with Crippen molar-refractivity contribution in [3.8, 4) is 0 Å². The fraction of sp³-hybridized carbons (Fsp3) is 0.895. The Hall–Kier alpha value is -0.740. The van der Waals surface area contributed by atoms with Gasteiger partial charge in [-0.15, -0.1) is 0 Å². The Balaban J connectivity index is 1.69. The van der Waals surface area contributed by atoms with Gasteiger partial charge in [-0.1, -0.05) is 12.2 Å². The van der Waals surface area contributed by atoms with Crippen molar-refractivity contribution < 1.29 is 34.3 Å². The Morgan fingerprint density at radius 2 is 1.68 bits per heavy atom. The summed E-state index contributed by atoms with van der Waals surface area (Å²) >= 11 is 0. The number of aliphatic hydroxyl groups is 3. The minimum absolute atomic E-state index is 0.0741. The average molecular weight is 448 g/mol. The number of likely N-dealkylation sites (N-methyl/N-ethyl adjacent to an activating group) is 1. The zero-order valence-electron chi connectivity index (χ0n) is 17.9. The van der Waals surface area contributed by atoms with Crippen molar-refractivity contribution in [1.29, 1.82) is 0 Å². The van der Waals surface area contributed by atoms with Gasteiger partial charge in [-0.3, -0.25) is 0 Å². The number of nitrogens with one attached hydrogen (secondary N) is 1. The van der Waals surface area contributed by atoms with Crippen LogP contribution < -0.4 is 28.3 Å². The van der Waals surface area contributed by atoms with Crippen molar-refractivity contribution >= 4 is 0 Å². The molecule has 12 atom stereocenters. The third-order valence-electron chi connectivity index (χ3n) is 6.19. The maximum atomic E-state index is 11.0. The summed E-state index contributed by atoms with van der Waals surface area (Å²) < 4.78 is 23.1. The number of nitrogens with two attached hydrogens (primary N) is 4. The molecule has 0 unspecified atom stereocenters. The second-order valence-corrected chi connectivity index (χ2v) is 8.79. The van der Waals surface area contributed by atoms with Crippen LogP contribution in [-0.4, -0.2) is 108 Å². The monoisotopic (exact) mass is 447 g/mol. The lowest BCUT2D eigenvalue weighted by Crippen LogP contribution is -2.68. The molecule has 12 heteroatoms. The van der Waals surface area contributed by atoms with E-state index in [1.54, 1.807) is 26.1 Å². The third-order valence-corrected chi connectivity index (χ3v) is 6.19. The lowest BCUT2D eigenvalue weighted by molar-refractivity contribution is -0.304. The van der Waals surface area contributed by atoms with Crippen LogP contribution >= 0.6 is 0 Å². The van der Waals surface area contributed by atoms with Crippen LogP contribution in [0.5, 0.6) is 0 Å². The summed E-state index contributed by atoms with van der Waals surface area (Å²) in [4.78, 5) is 0. The van der Waals surface area contributed by atoms with Crippen LogP contribution in [-0.2, 0) is 18.9 Å². The van der Waals surface area contributed by atoms with Gasteiger partial charge in [0, 0.05) is 18.6 Å². The molecule has 0 amide bonds. The Bertz CT molecular complexity index is 626. The molecule has 180 valence electrons. The number of rotatable bonds is 6. The van der Waals surface area contributed by atoms with Crippen LogP contribution in [0.1, 0.15) is 13.3 Å². The van der Waals surface area contributed by atoms with Crippen LogP contribution in [0.2, 0.25) is 0 Å². The van der Waals surface area contributed by atoms with Crippen LogP contribution in [0.15, 0.2) is 12.2 Å². The highest BCUT2D eigenvalue weighted by Crippen LogP contribution is 2.30. The van der Waals surface area contributed by atoms with E-state index in [9.17, 15) is 15.3 Å². The topological polar surface area (TPSA) is 214 Å². The molecule has 0 radical (unpaired) electrons. The summed E-state index contributed by atoms with van der Waals surface area (Å²) in [6.07, 6.45) is -2.78. The standard InChI is InChI=1S/C19H37N5O7/c1-19(27)7-28-18(13(26)16(19)24-2)31-15-11(23)5-10(22)14(12(15)25)30-17-9(21)4-3-8(6-20)29-17/h3-4,8-18,24-27H,5-7,20-23H2,1-2H3/t8-,9+,10+,11-,12+,13+,14-,15+,16+,17+,18+,19-/m0/s1. The quantitative estimate of drug-likeness (QED) is 0.182. The molecular weight excluding hydrogens is 410 g/mol. The minimum Gasteiger partial charge on any atom is -0.388 e. The van der Waals surface area contributed by atoms with Crippen LogP contribution in [0.4, 0.5) is 0 Å². The predicted octanol–water partition coefficient (Wildman–Crippen LogP) is -4.20. The first-order valence-corrected chi connectivity index (χ1v) is 10.6.